The molecule has 0 saturated carbocycles. The lowest BCUT2D eigenvalue weighted by molar-refractivity contribution is 0.469. The van der Waals surface area contributed by atoms with Crippen LogP contribution in [0.15, 0.2) is 96.1 Å². The maximum absolute atomic E-state index is 4.58. The van der Waals surface area contributed by atoms with Crippen LogP contribution in [-0.4, -0.2) is 4.98 Å². The Labute approximate surface area is 241 Å². The molecule has 0 unspecified atom stereocenters. The molecule has 0 amide bonds. The third-order valence-electron chi connectivity index (χ3n) is 1.66. The standard InChI is InChI=1S/C6H6.C5H5N.3C5H12.C4H4O.3C2H6/c2*1-2-4-6-5-3-1;3*1-5(2,3)4;1-2-4-5-3-1;3*1-2/h1-6H;1-5H;3*1-4H3;1-4H;3*1-2H3. The molecule has 2 nitrogen and oxygen atoms in total. The Morgan fingerprint density at radius 2 is 0.526 bits per heavy atom. The van der Waals surface area contributed by atoms with Crippen LogP contribution in [-0.2, 0) is 0 Å². The Morgan fingerprint density at radius 1 is 0.342 bits per heavy atom. The minimum Gasteiger partial charge on any atom is -0.473 e. The van der Waals surface area contributed by atoms with E-state index in [9.17, 15) is 0 Å². The normalized spacial score (nSPS) is 8.79. The highest BCUT2D eigenvalue weighted by Crippen LogP contribution is 2.08. The van der Waals surface area contributed by atoms with Crippen molar-refractivity contribution >= 4 is 0 Å². The van der Waals surface area contributed by atoms with E-state index in [-0.39, 0.29) is 0 Å². The molecule has 2 heterocycles. The Hall–Kier alpha value is -2.35. The zero-order valence-corrected chi connectivity index (χ0v) is 29.0. The Bertz CT molecular complexity index is 507. The van der Waals surface area contributed by atoms with Gasteiger partial charge in [0, 0.05) is 12.4 Å². The number of rotatable bonds is 0. The van der Waals surface area contributed by atoms with Crippen molar-refractivity contribution in [2.75, 3.05) is 0 Å². The van der Waals surface area contributed by atoms with Crippen molar-refractivity contribution in [1.29, 1.82) is 0 Å². The molecule has 0 aliphatic heterocycles. The summed E-state index contributed by atoms with van der Waals surface area (Å²) in [6.45, 7) is 38.2. The summed E-state index contributed by atoms with van der Waals surface area (Å²) < 4.78 is 4.58. The van der Waals surface area contributed by atoms with Crippen molar-refractivity contribution in [3.63, 3.8) is 0 Å². The average molecular weight is 532 g/mol. The summed E-state index contributed by atoms with van der Waals surface area (Å²) in [5, 5.41) is 0. The molecule has 38 heavy (non-hydrogen) atoms. The smallest absolute Gasteiger partial charge is 0.0902 e. The van der Waals surface area contributed by atoms with Gasteiger partial charge in [0.05, 0.1) is 12.5 Å². The van der Waals surface area contributed by atoms with Crippen molar-refractivity contribution < 1.29 is 4.42 Å². The zero-order chi connectivity index (χ0) is 31.5. The molecule has 2 aromatic heterocycles. The highest BCUT2D eigenvalue weighted by molar-refractivity contribution is 4.99. The average Bonchev–Trinajstić information content (AvgIpc) is 3.43. The fourth-order valence-corrected chi connectivity index (χ4v) is 0.924. The van der Waals surface area contributed by atoms with E-state index in [0.29, 0.717) is 16.2 Å². The van der Waals surface area contributed by atoms with Crippen LogP contribution in [0.5, 0.6) is 0 Å². The molecule has 1 aromatic carbocycles. The number of aromatic nitrogens is 1. The van der Waals surface area contributed by atoms with Crippen molar-refractivity contribution in [3.8, 4) is 0 Å². The van der Waals surface area contributed by atoms with Gasteiger partial charge in [-0.15, -0.1) is 0 Å². The first-order valence-electron chi connectivity index (χ1n) is 14.3. The van der Waals surface area contributed by atoms with Gasteiger partial charge in [-0.3, -0.25) is 4.98 Å². The van der Waals surface area contributed by atoms with Crippen LogP contribution < -0.4 is 0 Å². The van der Waals surface area contributed by atoms with Crippen LogP contribution in [0.2, 0.25) is 0 Å². The maximum atomic E-state index is 4.58. The zero-order valence-electron chi connectivity index (χ0n) is 29.0. The minimum atomic E-state index is 0.500. The predicted molar refractivity (Wildman–Crippen MR) is 179 cm³/mol. The second-order valence-electron chi connectivity index (χ2n) is 12.0. The molecule has 0 radical (unpaired) electrons. The number of benzene rings is 1. The first-order chi connectivity index (χ1) is 17.5. The van der Waals surface area contributed by atoms with Gasteiger partial charge >= 0.3 is 0 Å². The van der Waals surface area contributed by atoms with E-state index < -0.39 is 0 Å². The molecule has 3 rings (SSSR count). The van der Waals surface area contributed by atoms with Gasteiger partial charge < -0.3 is 4.42 Å². The van der Waals surface area contributed by atoms with Gasteiger partial charge in [-0.1, -0.05) is 167 Å². The number of furan rings is 1. The van der Waals surface area contributed by atoms with Gasteiger partial charge in [0.15, 0.2) is 0 Å². The van der Waals surface area contributed by atoms with E-state index in [1.165, 1.54) is 0 Å². The predicted octanol–water partition coefficient (Wildman–Crippen LogP) is 13.3. The molecule has 0 atom stereocenters. The summed E-state index contributed by atoms with van der Waals surface area (Å²) in [6, 6.07) is 21.4. The second kappa shape index (κ2) is 36.8. The second-order valence-corrected chi connectivity index (χ2v) is 12.0. The summed E-state index contributed by atoms with van der Waals surface area (Å²) in [5.41, 5.74) is 1.50. The van der Waals surface area contributed by atoms with Gasteiger partial charge in [-0.2, -0.15) is 0 Å². The van der Waals surface area contributed by atoms with E-state index in [2.05, 4.69) is 92.5 Å². The first-order valence-corrected chi connectivity index (χ1v) is 14.3. The maximum Gasteiger partial charge on any atom is 0.0902 e. The van der Waals surface area contributed by atoms with Gasteiger partial charge in [0.2, 0.25) is 0 Å². The summed E-state index contributed by atoms with van der Waals surface area (Å²) in [6.07, 6.45) is 6.75. The number of pyridine rings is 1. The van der Waals surface area contributed by atoms with Crippen molar-refractivity contribution in [2.24, 2.45) is 16.2 Å². The molecule has 0 saturated heterocycles. The topological polar surface area (TPSA) is 26.0 Å². The van der Waals surface area contributed by atoms with Crippen LogP contribution >= 0.6 is 0 Å². The lowest BCUT2D eigenvalue weighted by Crippen LogP contribution is -1.93. The van der Waals surface area contributed by atoms with Crippen molar-refractivity contribution in [2.45, 2.75) is 125 Å². The summed E-state index contributed by atoms with van der Waals surface area (Å²) in [5.74, 6) is 0. The highest BCUT2D eigenvalue weighted by Gasteiger charge is 1.96. The van der Waals surface area contributed by atoms with E-state index in [0.717, 1.165) is 0 Å². The van der Waals surface area contributed by atoms with Crippen molar-refractivity contribution in [1.82, 2.24) is 4.98 Å². The first kappa shape index (κ1) is 48.7. The monoisotopic (exact) mass is 532 g/mol. The van der Waals surface area contributed by atoms with E-state index in [4.69, 9.17) is 0 Å². The summed E-state index contributed by atoms with van der Waals surface area (Å²) in [4.78, 5) is 3.78. The van der Waals surface area contributed by atoms with Crippen LogP contribution in [0, 0.1) is 16.2 Å². The Balaban J connectivity index is -0.0000000779. The van der Waals surface area contributed by atoms with Gasteiger partial charge in [-0.05, 0) is 40.5 Å². The molecule has 0 N–H and O–H groups in total. The van der Waals surface area contributed by atoms with Crippen LogP contribution in [0.4, 0.5) is 0 Å². The molecular weight excluding hydrogens is 462 g/mol. The summed E-state index contributed by atoms with van der Waals surface area (Å²) >= 11 is 0. The number of hydrogen-bond acceptors (Lipinski definition) is 2. The molecule has 3 aromatic rings. The van der Waals surface area contributed by atoms with E-state index in [1.54, 1.807) is 24.9 Å². The molecule has 2 heteroatoms. The fourth-order valence-electron chi connectivity index (χ4n) is 0.924. The molecule has 0 aliphatic rings. The highest BCUT2D eigenvalue weighted by atomic mass is 16.3. The Kier molecular flexibility index (Phi) is 47.2. The number of hydrogen-bond donors (Lipinski definition) is 0. The molecule has 0 fully saturated rings. The SMILES string of the molecule is CC.CC.CC.CC(C)(C)C.CC(C)(C)C.CC(C)(C)C.c1ccccc1.c1ccncc1.c1ccoc1. The quantitative estimate of drug-likeness (QED) is 0.288. The minimum absolute atomic E-state index is 0.500. The van der Waals surface area contributed by atoms with Crippen LogP contribution in [0.1, 0.15) is 125 Å². The molecule has 0 spiro atoms. The van der Waals surface area contributed by atoms with Gasteiger partial charge in [-0.25, -0.2) is 0 Å². The summed E-state index contributed by atoms with van der Waals surface area (Å²) in [7, 11) is 0. The lowest BCUT2D eigenvalue weighted by atomic mass is 10.0. The van der Waals surface area contributed by atoms with E-state index in [1.807, 2.05) is 108 Å². The molecule has 0 bridgehead atoms. The largest absolute Gasteiger partial charge is 0.473 e. The van der Waals surface area contributed by atoms with E-state index >= 15 is 0 Å². The third kappa shape index (κ3) is 167. The number of nitrogens with zero attached hydrogens (tertiary/aromatic N) is 1. The van der Waals surface area contributed by atoms with Gasteiger partial charge in [0.25, 0.3) is 0 Å². The van der Waals surface area contributed by atoms with Crippen LogP contribution in [0.3, 0.4) is 0 Å². The Morgan fingerprint density at radius 3 is 0.605 bits per heavy atom. The third-order valence-corrected chi connectivity index (χ3v) is 1.66. The molecular formula is C36H69NO. The fraction of sp³-hybridized carbons (Fsp3) is 0.583. The lowest BCUT2D eigenvalue weighted by Gasteiger charge is -2.05. The molecule has 0 aliphatic carbocycles. The van der Waals surface area contributed by atoms with Crippen molar-refractivity contribution in [3.05, 3.63) is 91.7 Å². The molecule has 224 valence electrons. The van der Waals surface area contributed by atoms with Crippen LogP contribution in [0.25, 0.3) is 0 Å². The van der Waals surface area contributed by atoms with Gasteiger partial charge in [0.1, 0.15) is 0 Å².